The predicted molar refractivity (Wildman–Crippen MR) is 66.7 cm³/mol. The number of carbonyl (C=O) groups is 1. The third-order valence-corrected chi connectivity index (χ3v) is 3.56. The highest BCUT2D eigenvalue weighted by atomic mass is 16.4. The molecule has 0 radical (unpaired) electrons. The van der Waals surface area contributed by atoms with Crippen molar-refractivity contribution >= 4 is 5.97 Å². The van der Waals surface area contributed by atoms with Crippen LogP contribution in [-0.2, 0) is 10.2 Å². The average Bonchev–Trinajstić information content (AvgIpc) is 2.96. The summed E-state index contributed by atoms with van der Waals surface area (Å²) in [4.78, 5) is 10.9. The van der Waals surface area contributed by atoms with Gasteiger partial charge < -0.3 is 5.11 Å². The smallest absolute Gasteiger partial charge is 0.304 e. The molecule has 1 heterocycles. The second-order valence-electron chi connectivity index (χ2n) is 4.86. The molecular formula is C14H14N2O2. The summed E-state index contributed by atoms with van der Waals surface area (Å²) in [6.07, 6.45) is 5.83. The first kappa shape index (κ1) is 11.0. The molecular weight excluding hydrogens is 228 g/mol. The molecule has 0 atom stereocenters. The summed E-state index contributed by atoms with van der Waals surface area (Å²) >= 11 is 0. The van der Waals surface area contributed by atoms with E-state index in [-0.39, 0.29) is 11.8 Å². The SMILES string of the molecule is O=C(O)CC1(c2cnn(-c3ccccc3)c2)CC1. The zero-order chi connectivity index (χ0) is 12.6. The van der Waals surface area contributed by atoms with Gasteiger partial charge in [-0.3, -0.25) is 4.79 Å². The molecule has 1 saturated carbocycles. The zero-order valence-electron chi connectivity index (χ0n) is 9.91. The van der Waals surface area contributed by atoms with Crippen molar-refractivity contribution in [2.24, 2.45) is 0 Å². The minimum atomic E-state index is -0.736. The number of carboxylic acids is 1. The van der Waals surface area contributed by atoms with Crippen LogP contribution >= 0.6 is 0 Å². The highest BCUT2D eigenvalue weighted by Gasteiger charge is 2.46. The second-order valence-corrected chi connectivity index (χ2v) is 4.86. The molecule has 1 aliphatic carbocycles. The molecule has 1 aliphatic rings. The first-order chi connectivity index (χ1) is 8.70. The topological polar surface area (TPSA) is 55.1 Å². The van der Waals surface area contributed by atoms with Gasteiger partial charge in [0.2, 0.25) is 0 Å². The van der Waals surface area contributed by atoms with Crippen molar-refractivity contribution < 1.29 is 9.90 Å². The van der Waals surface area contributed by atoms with Crippen LogP contribution in [0.1, 0.15) is 24.8 Å². The van der Waals surface area contributed by atoms with Crippen LogP contribution < -0.4 is 0 Å². The molecule has 92 valence electrons. The van der Waals surface area contributed by atoms with Crippen LogP contribution in [0.2, 0.25) is 0 Å². The van der Waals surface area contributed by atoms with E-state index in [1.807, 2.05) is 36.5 Å². The van der Waals surface area contributed by atoms with E-state index in [4.69, 9.17) is 5.11 Å². The number of aliphatic carboxylic acids is 1. The Morgan fingerprint density at radius 2 is 2.06 bits per heavy atom. The first-order valence-corrected chi connectivity index (χ1v) is 6.02. The lowest BCUT2D eigenvalue weighted by Gasteiger charge is -2.08. The summed E-state index contributed by atoms with van der Waals surface area (Å²) in [6.45, 7) is 0. The van der Waals surface area contributed by atoms with Crippen molar-refractivity contribution in [2.45, 2.75) is 24.7 Å². The van der Waals surface area contributed by atoms with Gasteiger partial charge in [-0.2, -0.15) is 5.10 Å². The zero-order valence-corrected chi connectivity index (χ0v) is 9.91. The van der Waals surface area contributed by atoms with Crippen molar-refractivity contribution in [3.05, 3.63) is 48.3 Å². The van der Waals surface area contributed by atoms with Gasteiger partial charge >= 0.3 is 5.97 Å². The standard InChI is InChI=1S/C14H14N2O2/c17-13(18)8-14(6-7-14)11-9-15-16(10-11)12-4-2-1-3-5-12/h1-5,9-10H,6-8H2,(H,17,18). The minimum Gasteiger partial charge on any atom is -0.481 e. The van der Waals surface area contributed by atoms with Gasteiger partial charge in [0.1, 0.15) is 0 Å². The summed E-state index contributed by atoms with van der Waals surface area (Å²) in [7, 11) is 0. The number of nitrogens with zero attached hydrogens (tertiary/aromatic N) is 2. The van der Waals surface area contributed by atoms with Gasteiger partial charge in [0.05, 0.1) is 18.3 Å². The van der Waals surface area contributed by atoms with E-state index in [0.717, 1.165) is 24.1 Å². The molecule has 1 N–H and O–H groups in total. The van der Waals surface area contributed by atoms with E-state index in [1.54, 1.807) is 10.9 Å². The maximum Gasteiger partial charge on any atom is 0.304 e. The number of hydrogen-bond donors (Lipinski definition) is 1. The van der Waals surface area contributed by atoms with E-state index in [0.29, 0.717) is 0 Å². The Labute approximate surface area is 105 Å². The Hall–Kier alpha value is -2.10. The van der Waals surface area contributed by atoms with E-state index in [2.05, 4.69) is 5.10 Å². The van der Waals surface area contributed by atoms with Crippen LogP contribution in [0.5, 0.6) is 0 Å². The molecule has 0 bridgehead atoms. The molecule has 0 unspecified atom stereocenters. The number of para-hydroxylation sites is 1. The molecule has 0 spiro atoms. The summed E-state index contributed by atoms with van der Waals surface area (Å²) in [5, 5.41) is 13.3. The number of hydrogen-bond acceptors (Lipinski definition) is 2. The Balaban J connectivity index is 1.89. The van der Waals surface area contributed by atoms with Crippen LogP contribution in [-0.4, -0.2) is 20.9 Å². The lowest BCUT2D eigenvalue weighted by molar-refractivity contribution is -0.137. The molecule has 0 saturated heterocycles. The summed E-state index contributed by atoms with van der Waals surface area (Å²) in [5.74, 6) is -0.736. The molecule has 4 nitrogen and oxygen atoms in total. The van der Waals surface area contributed by atoms with E-state index >= 15 is 0 Å². The monoisotopic (exact) mass is 242 g/mol. The number of carboxylic acid groups (broad SMARTS) is 1. The van der Waals surface area contributed by atoms with Gasteiger partial charge in [0, 0.05) is 11.6 Å². The predicted octanol–water partition coefficient (Wildman–Crippen LogP) is 2.38. The fraction of sp³-hybridized carbons (Fsp3) is 0.286. The number of benzene rings is 1. The lowest BCUT2D eigenvalue weighted by atomic mass is 9.96. The number of rotatable bonds is 4. The quantitative estimate of drug-likeness (QED) is 0.895. The molecule has 1 aromatic carbocycles. The molecule has 3 rings (SSSR count). The molecule has 0 amide bonds. The van der Waals surface area contributed by atoms with Crippen LogP contribution in [0.4, 0.5) is 0 Å². The van der Waals surface area contributed by atoms with Gasteiger partial charge in [-0.15, -0.1) is 0 Å². The Kier molecular flexibility index (Phi) is 2.44. The molecule has 1 fully saturated rings. The van der Waals surface area contributed by atoms with Gasteiger partial charge in [0.25, 0.3) is 0 Å². The van der Waals surface area contributed by atoms with Gasteiger partial charge in [0.15, 0.2) is 0 Å². The van der Waals surface area contributed by atoms with E-state index < -0.39 is 5.97 Å². The lowest BCUT2D eigenvalue weighted by Crippen LogP contribution is -2.12. The van der Waals surface area contributed by atoms with Crippen molar-refractivity contribution in [3.63, 3.8) is 0 Å². The fourth-order valence-electron chi connectivity index (χ4n) is 2.33. The van der Waals surface area contributed by atoms with Crippen LogP contribution in [0.25, 0.3) is 5.69 Å². The normalized spacial score (nSPS) is 16.4. The molecule has 4 heteroatoms. The van der Waals surface area contributed by atoms with Crippen molar-refractivity contribution in [3.8, 4) is 5.69 Å². The summed E-state index contributed by atoms with van der Waals surface area (Å²) in [6, 6.07) is 9.84. The van der Waals surface area contributed by atoms with E-state index in [9.17, 15) is 4.79 Å². The largest absolute Gasteiger partial charge is 0.481 e. The second kappa shape index (κ2) is 3.98. The first-order valence-electron chi connectivity index (χ1n) is 6.02. The van der Waals surface area contributed by atoms with Crippen molar-refractivity contribution in [1.29, 1.82) is 0 Å². The molecule has 0 aliphatic heterocycles. The van der Waals surface area contributed by atoms with Crippen LogP contribution in [0.15, 0.2) is 42.7 Å². The Morgan fingerprint density at radius 3 is 2.67 bits per heavy atom. The molecule has 1 aromatic heterocycles. The van der Waals surface area contributed by atoms with E-state index in [1.165, 1.54) is 0 Å². The maximum absolute atomic E-state index is 10.9. The Bertz CT molecular complexity index is 570. The molecule has 2 aromatic rings. The van der Waals surface area contributed by atoms with Gasteiger partial charge in [-0.25, -0.2) is 4.68 Å². The maximum atomic E-state index is 10.9. The third kappa shape index (κ3) is 1.90. The number of aromatic nitrogens is 2. The van der Waals surface area contributed by atoms with Crippen molar-refractivity contribution in [1.82, 2.24) is 9.78 Å². The van der Waals surface area contributed by atoms with Gasteiger partial charge in [-0.05, 0) is 30.5 Å². The molecule has 18 heavy (non-hydrogen) atoms. The highest BCUT2D eigenvalue weighted by molar-refractivity contribution is 5.70. The highest BCUT2D eigenvalue weighted by Crippen LogP contribution is 2.50. The average molecular weight is 242 g/mol. The fourth-order valence-corrected chi connectivity index (χ4v) is 2.33. The summed E-state index contributed by atoms with van der Waals surface area (Å²) in [5.41, 5.74) is 1.86. The van der Waals surface area contributed by atoms with Crippen LogP contribution in [0.3, 0.4) is 0 Å². The van der Waals surface area contributed by atoms with Crippen LogP contribution in [0, 0.1) is 0 Å². The third-order valence-electron chi connectivity index (χ3n) is 3.56. The minimum absolute atomic E-state index is 0.168. The Morgan fingerprint density at radius 1 is 1.33 bits per heavy atom. The van der Waals surface area contributed by atoms with Crippen molar-refractivity contribution in [2.75, 3.05) is 0 Å². The summed E-state index contributed by atoms with van der Waals surface area (Å²) < 4.78 is 1.80. The van der Waals surface area contributed by atoms with Gasteiger partial charge in [-0.1, -0.05) is 18.2 Å².